The summed E-state index contributed by atoms with van der Waals surface area (Å²) in [5.41, 5.74) is 2.22. The summed E-state index contributed by atoms with van der Waals surface area (Å²) in [4.78, 5) is 12.8. The number of rotatable bonds is 4. The third-order valence-electron chi connectivity index (χ3n) is 3.93. The van der Waals surface area contributed by atoms with Gasteiger partial charge in [0.2, 0.25) is 0 Å². The van der Waals surface area contributed by atoms with E-state index in [4.69, 9.17) is 23.8 Å². The van der Waals surface area contributed by atoms with Gasteiger partial charge in [-0.15, -0.1) is 0 Å². The molecule has 2 aromatic carbocycles. The summed E-state index contributed by atoms with van der Waals surface area (Å²) in [6.07, 6.45) is 0. The van der Waals surface area contributed by atoms with E-state index in [0.29, 0.717) is 28.6 Å². The zero-order chi connectivity index (χ0) is 17.1. The number of hydrogen-bond donors (Lipinski definition) is 0. The largest absolute Gasteiger partial charge is 0.304 e. The van der Waals surface area contributed by atoms with E-state index in [2.05, 4.69) is 0 Å². The number of benzene rings is 2. The molecule has 24 heavy (non-hydrogen) atoms. The molecule has 0 aliphatic carbocycles. The van der Waals surface area contributed by atoms with Gasteiger partial charge in [0.25, 0.3) is 5.56 Å². The van der Waals surface area contributed by atoms with Crippen LogP contribution in [0.4, 0.5) is 0 Å². The van der Waals surface area contributed by atoms with Crippen molar-refractivity contribution in [2.24, 2.45) is 0 Å². The molecule has 0 radical (unpaired) electrons. The second-order valence-electron chi connectivity index (χ2n) is 5.44. The minimum atomic E-state index is -0.150. The molecular formula is C19H17ClN2OS. The molecule has 3 aromatic rings. The van der Waals surface area contributed by atoms with Gasteiger partial charge in [-0.1, -0.05) is 72.3 Å². The van der Waals surface area contributed by atoms with Crippen molar-refractivity contribution >= 4 is 23.8 Å². The molecule has 3 nitrogen and oxygen atoms in total. The minimum absolute atomic E-state index is 0.150. The molecule has 0 spiro atoms. The van der Waals surface area contributed by atoms with Crippen molar-refractivity contribution in [1.82, 2.24) is 9.13 Å². The molecule has 0 bridgehead atoms. The van der Waals surface area contributed by atoms with Gasteiger partial charge in [0.05, 0.1) is 12.1 Å². The van der Waals surface area contributed by atoms with Crippen molar-refractivity contribution in [3.63, 3.8) is 0 Å². The Morgan fingerprint density at radius 2 is 1.54 bits per heavy atom. The monoisotopic (exact) mass is 356 g/mol. The van der Waals surface area contributed by atoms with Crippen LogP contribution in [0, 0.1) is 4.77 Å². The zero-order valence-corrected chi connectivity index (χ0v) is 14.8. The van der Waals surface area contributed by atoms with Gasteiger partial charge in [-0.25, -0.2) is 0 Å². The van der Waals surface area contributed by atoms with Crippen LogP contribution in [-0.2, 0) is 13.1 Å². The fourth-order valence-electron chi connectivity index (χ4n) is 2.70. The summed E-state index contributed by atoms with van der Waals surface area (Å²) in [6.45, 7) is 2.94. The van der Waals surface area contributed by atoms with E-state index in [1.807, 2.05) is 72.2 Å². The van der Waals surface area contributed by atoms with Crippen LogP contribution >= 0.6 is 23.8 Å². The fourth-order valence-corrected chi connectivity index (χ4v) is 3.45. The molecule has 0 aliphatic heterocycles. The molecule has 5 heteroatoms. The topological polar surface area (TPSA) is 26.9 Å². The zero-order valence-electron chi connectivity index (χ0n) is 13.3. The Kier molecular flexibility index (Phi) is 4.97. The van der Waals surface area contributed by atoms with Gasteiger partial charge >= 0.3 is 0 Å². The smallest absolute Gasteiger partial charge is 0.263 e. The fraction of sp³-hybridized carbons (Fsp3) is 0.158. The summed E-state index contributed by atoms with van der Waals surface area (Å²) >= 11 is 12.1. The average Bonchev–Trinajstić information content (AvgIpc) is 2.61. The van der Waals surface area contributed by atoms with E-state index in [1.165, 1.54) is 0 Å². The normalized spacial score (nSPS) is 10.8. The van der Waals surface area contributed by atoms with Crippen LogP contribution in [0.3, 0.4) is 0 Å². The summed E-state index contributed by atoms with van der Waals surface area (Å²) in [6, 6.07) is 19.4. The first-order chi connectivity index (χ1) is 11.6. The summed E-state index contributed by atoms with van der Waals surface area (Å²) in [5.74, 6) is 0. The molecule has 0 unspecified atom stereocenters. The van der Waals surface area contributed by atoms with Crippen LogP contribution in [0.25, 0.3) is 11.1 Å². The highest BCUT2D eigenvalue weighted by Crippen LogP contribution is 2.25. The maximum Gasteiger partial charge on any atom is 0.263 e. The summed E-state index contributed by atoms with van der Waals surface area (Å²) in [7, 11) is 0. The number of halogens is 1. The second-order valence-corrected chi connectivity index (χ2v) is 6.16. The first-order valence-electron chi connectivity index (χ1n) is 7.76. The van der Waals surface area contributed by atoms with Gasteiger partial charge in [-0.3, -0.25) is 9.36 Å². The Morgan fingerprint density at radius 1 is 0.958 bits per heavy atom. The number of nitrogens with zero attached hydrogens (tertiary/aromatic N) is 2. The Balaban J connectivity index is 2.26. The third kappa shape index (κ3) is 3.07. The Hall–Kier alpha value is -2.17. The number of hydrogen-bond acceptors (Lipinski definition) is 2. The molecule has 0 saturated heterocycles. The molecule has 0 saturated carbocycles. The molecule has 122 valence electrons. The highest BCUT2D eigenvalue weighted by Gasteiger charge is 2.17. The van der Waals surface area contributed by atoms with Crippen molar-refractivity contribution in [3.8, 4) is 11.1 Å². The van der Waals surface area contributed by atoms with Crippen molar-refractivity contribution in [2.45, 2.75) is 20.0 Å². The molecule has 0 atom stereocenters. The van der Waals surface area contributed by atoms with Gasteiger partial charge in [0, 0.05) is 6.54 Å². The Morgan fingerprint density at radius 3 is 2.12 bits per heavy atom. The first kappa shape index (κ1) is 16.7. The second kappa shape index (κ2) is 7.16. The van der Waals surface area contributed by atoms with Gasteiger partial charge < -0.3 is 4.57 Å². The summed E-state index contributed by atoms with van der Waals surface area (Å²) < 4.78 is 3.85. The van der Waals surface area contributed by atoms with Gasteiger partial charge in [-0.2, -0.15) is 0 Å². The average molecular weight is 357 g/mol. The van der Waals surface area contributed by atoms with E-state index >= 15 is 0 Å². The molecular weight excluding hydrogens is 340 g/mol. The predicted molar refractivity (Wildman–Crippen MR) is 101 cm³/mol. The lowest BCUT2D eigenvalue weighted by atomic mass is 10.1. The van der Waals surface area contributed by atoms with Crippen LogP contribution < -0.4 is 5.56 Å². The van der Waals surface area contributed by atoms with Gasteiger partial charge in [-0.05, 0) is 30.3 Å². The van der Waals surface area contributed by atoms with E-state index in [9.17, 15) is 4.79 Å². The van der Waals surface area contributed by atoms with Crippen molar-refractivity contribution in [1.29, 1.82) is 0 Å². The maximum absolute atomic E-state index is 12.8. The minimum Gasteiger partial charge on any atom is -0.304 e. The van der Waals surface area contributed by atoms with Crippen LogP contribution in [-0.4, -0.2) is 9.13 Å². The molecule has 0 amide bonds. The van der Waals surface area contributed by atoms with Crippen molar-refractivity contribution in [2.75, 3.05) is 0 Å². The van der Waals surface area contributed by atoms with E-state index < -0.39 is 0 Å². The van der Waals surface area contributed by atoms with Gasteiger partial charge in [0.15, 0.2) is 4.77 Å². The molecule has 1 heterocycles. The molecule has 0 N–H and O–H groups in total. The first-order valence-corrected chi connectivity index (χ1v) is 8.54. The highest BCUT2D eigenvalue weighted by molar-refractivity contribution is 7.71. The Labute approximate surface area is 150 Å². The Bertz CT molecular complexity index is 962. The lowest BCUT2D eigenvalue weighted by Gasteiger charge is -2.17. The number of aromatic nitrogens is 2. The van der Waals surface area contributed by atoms with Crippen LogP contribution in [0.1, 0.15) is 12.5 Å². The SMILES string of the molecule is CCn1c(=O)c(-c2ccccc2)c(Cl)n(Cc2ccccc2)c1=S. The molecule has 3 rings (SSSR count). The third-order valence-corrected chi connectivity index (χ3v) is 4.76. The molecule has 0 fully saturated rings. The van der Waals surface area contributed by atoms with Crippen LogP contribution in [0.5, 0.6) is 0 Å². The van der Waals surface area contributed by atoms with Crippen LogP contribution in [0.15, 0.2) is 65.5 Å². The van der Waals surface area contributed by atoms with Crippen molar-refractivity contribution in [3.05, 3.63) is 86.5 Å². The van der Waals surface area contributed by atoms with E-state index in [-0.39, 0.29) is 5.56 Å². The van der Waals surface area contributed by atoms with Crippen molar-refractivity contribution < 1.29 is 0 Å². The quantitative estimate of drug-likeness (QED) is 0.497. The standard InChI is InChI=1S/C19H17ClN2OS/c1-2-21-18(23)16(15-11-7-4-8-12-15)17(20)22(19(21)24)13-14-9-5-3-6-10-14/h3-12H,2,13H2,1H3. The summed E-state index contributed by atoms with van der Waals surface area (Å²) in [5, 5.41) is 0.379. The predicted octanol–water partition coefficient (Wildman–Crippen LogP) is 4.77. The van der Waals surface area contributed by atoms with E-state index in [1.54, 1.807) is 4.57 Å². The lowest BCUT2D eigenvalue weighted by molar-refractivity contribution is 0.626. The van der Waals surface area contributed by atoms with E-state index in [0.717, 1.165) is 11.1 Å². The molecule has 1 aromatic heterocycles. The maximum atomic E-state index is 12.8. The van der Waals surface area contributed by atoms with Gasteiger partial charge in [0.1, 0.15) is 5.15 Å². The lowest BCUT2D eigenvalue weighted by Crippen LogP contribution is -2.27. The highest BCUT2D eigenvalue weighted by atomic mass is 35.5. The van der Waals surface area contributed by atoms with Crippen LogP contribution in [0.2, 0.25) is 5.15 Å². The molecule has 0 aliphatic rings.